The molecule has 132 valence electrons. The highest BCUT2D eigenvalue weighted by Gasteiger charge is 2.23. The van der Waals surface area contributed by atoms with Gasteiger partial charge in [-0.05, 0) is 17.7 Å². The van der Waals surface area contributed by atoms with Crippen molar-refractivity contribution in [3.05, 3.63) is 47.8 Å². The highest BCUT2D eigenvalue weighted by molar-refractivity contribution is 7.98. The molecule has 7 heteroatoms. The molecule has 25 heavy (non-hydrogen) atoms. The van der Waals surface area contributed by atoms with Crippen molar-refractivity contribution in [2.45, 2.75) is 17.8 Å². The standard InChI is InChI=1S/C18H22N4O2S/c1-14(23)21-9-11-22(12-10-21)17(24)16-5-3-15(4-6-16)13-25-18-19-7-8-20(18)2/h3-8H,9-13H2,1-2H3. The number of aryl methyl sites for hydroxylation is 1. The van der Waals surface area contributed by atoms with Crippen molar-refractivity contribution in [3.63, 3.8) is 0 Å². The Labute approximate surface area is 151 Å². The number of thioether (sulfide) groups is 1. The number of hydrogen-bond acceptors (Lipinski definition) is 4. The Morgan fingerprint density at radius 3 is 2.28 bits per heavy atom. The molecule has 0 radical (unpaired) electrons. The molecule has 2 heterocycles. The third-order valence-electron chi connectivity index (χ3n) is 4.36. The van der Waals surface area contributed by atoms with Gasteiger partial charge in [0.15, 0.2) is 5.16 Å². The van der Waals surface area contributed by atoms with Gasteiger partial charge in [0.1, 0.15) is 0 Å². The summed E-state index contributed by atoms with van der Waals surface area (Å²) < 4.78 is 1.99. The second-order valence-corrected chi connectivity index (χ2v) is 7.05. The molecule has 6 nitrogen and oxygen atoms in total. The van der Waals surface area contributed by atoms with Gasteiger partial charge in [0.25, 0.3) is 5.91 Å². The Bertz CT molecular complexity index is 749. The average molecular weight is 358 g/mol. The number of imidazole rings is 1. The number of piperazine rings is 1. The van der Waals surface area contributed by atoms with Crippen LogP contribution in [-0.2, 0) is 17.6 Å². The molecule has 1 aliphatic heterocycles. The van der Waals surface area contributed by atoms with E-state index >= 15 is 0 Å². The predicted octanol–water partition coefficient (Wildman–Crippen LogP) is 2.02. The largest absolute Gasteiger partial charge is 0.339 e. The first kappa shape index (κ1) is 17.5. The molecule has 1 aromatic carbocycles. The highest BCUT2D eigenvalue weighted by Crippen LogP contribution is 2.21. The van der Waals surface area contributed by atoms with Crippen molar-refractivity contribution in [3.8, 4) is 0 Å². The Balaban J connectivity index is 1.56. The summed E-state index contributed by atoms with van der Waals surface area (Å²) in [4.78, 5) is 31.8. The zero-order valence-corrected chi connectivity index (χ0v) is 15.3. The topological polar surface area (TPSA) is 58.4 Å². The second kappa shape index (κ2) is 7.74. The SMILES string of the molecule is CC(=O)N1CCN(C(=O)c2ccc(CSc3nccn3C)cc2)CC1. The van der Waals surface area contributed by atoms with E-state index in [4.69, 9.17) is 0 Å². The number of rotatable bonds is 4. The number of carbonyl (C=O) groups is 2. The summed E-state index contributed by atoms with van der Waals surface area (Å²) in [5.74, 6) is 0.921. The minimum Gasteiger partial charge on any atom is -0.339 e. The Hall–Kier alpha value is -2.28. The lowest BCUT2D eigenvalue weighted by atomic mass is 10.1. The third kappa shape index (κ3) is 4.22. The van der Waals surface area contributed by atoms with Crippen LogP contribution in [0.15, 0.2) is 41.8 Å². The van der Waals surface area contributed by atoms with Crippen molar-refractivity contribution in [2.75, 3.05) is 26.2 Å². The van der Waals surface area contributed by atoms with Crippen LogP contribution < -0.4 is 0 Å². The van der Waals surface area contributed by atoms with Crippen LogP contribution in [0.2, 0.25) is 0 Å². The van der Waals surface area contributed by atoms with Crippen LogP contribution in [-0.4, -0.2) is 57.3 Å². The monoisotopic (exact) mass is 358 g/mol. The zero-order chi connectivity index (χ0) is 17.8. The zero-order valence-electron chi connectivity index (χ0n) is 14.5. The fraction of sp³-hybridized carbons (Fsp3) is 0.389. The van der Waals surface area contributed by atoms with Gasteiger partial charge in [0.2, 0.25) is 5.91 Å². The minimum atomic E-state index is 0.0338. The summed E-state index contributed by atoms with van der Waals surface area (Å²) in [5.41, 5.74) is 1.85. The lowest BCUT2D eigenvalue weighted by Gasteiger charge is -2.34. The van der Waals surface area contributed by atoms with Crippen LogP contribution in [0.1, 0.15) is 22.8 Å². The molecule has 1 fully saturated rings. The van der Waals surface area contributed by atoms with Crippen molar-refractivity contribution >= 4 is 23.6 Å². The first-order valence-corrected chi connectivity index (χ1v) is 9.27. The van der Waals surface area contributed by atoms with Crippen LogP contribution in [0, 0.1) is 0 Å². The van der Waals surface area contributed by atoms with E-state index < -0.39 is 0 Å². The molecule has 1 aliphatic rings. The summed E-state index contributed by atoms with van der Waals surface area (Å²) in [6.07, 6.45) is 3.71. The van der Waals surface area contributed by atoms with Crippen molar-refractivity contribution < 1.29 is 9.59 Å². The summed E-state index contributed by atoms with van der Waals surface area (Å²) in [5, 5.41) is 0.975. The van der Waals surface area contributed by atoms with Crippen molar-refractivity contribution in [1.82, 2.24) is 19.4 Å². The molecule has 0 spiro atoms. The maximum absolute atomic E-state index is 12.6. The lowest BCUT2D eigenvalue weighted by molar-refractivity contribution is -0.130. The normalized spacial score (nSPS) is 14.6. The Kier molecular flexibility index (Phi) is 5.43. The molecular formula is C18H22N4O2S. The molecule has 0 saturated carbocycles. The predicted molar refractivity (Wildman–Crippen MR) is 97.4 cm³/mol. The highest BCUT2D eigenvalue weighted by atomic mass is 32.2. The van der Waals surface area contributed by atoms with Gasteiger partial charge in [0, 0.05) is 63.9 Å². The molecule has 1 aromatic heterocycles. The molecule has 0 bridgehead atoms. The van der Waals surface area contributed by atoms with E-state index in [1.165, 1.54) is 0 Å². The van der Waals surface area contributed by atoms with Gasteiger partial charge >= 0.3 is 0 Å². The fourth-order valence-electron chi connectivity index (χ4n) is 2.79. The smallest absolute Gasteiger partial charge is 0.253 e. The number of nitrogens with zero attached hydrogens (tertiary/aromatic N) is 4. The Morgan fingerprint density at radius 2 is 1.72 bits per heavy atom. The van der Waals surface area contributed by atoms with Gasteiger partial charge in [-0.3, -0.25) is 9.59 Å². The van der Waals surface area contributed by atoms with Crippen LogP contribution >= 0.6 is 11.8 Å². The molecule has 0 N–H and O–H groups in total. The van der Waals surface area contributed by atoms with E-state index in [2.05, 4.69) is 4.98 Å². The number of carbonyl (C=O) groups excluding carboxylic acids is 2. The van der Waals surface area contributed by atoms with E-state index in [1.807, 2.05) is 47.0 Å². The average Bonchev–Trinajstić information content (AvgIpc) is 3.05. The van der Waals surface area contributed by atoms with Gasteiger partial charge in [-0.1, -0.05) is 23.9 Å². The maximum atomic E-state index is 12.6. The van der Waals surface area contributed by atoms with E-state index in [0.29, 0.717) is 31.7 Å². The van der Waals surface area contributed by atoms with Crippen LogP contribution in [0.25, 0.3) is 0 Å². The second-order valence-electron chi connectivity index (χ2n) is 6.10. The minimum absolute atomic E-state index is 0.0338. The molecule has 3 rings (SSSR count). The van der Waals surface area contributed by atoms with Gasteiger partial charge in [0.05, 0.1) is 0 Å². The summed E-state index contributed by atoms with van der Waals surface area (Å²) in [6.45, 7) is 3.97. The quantitative estimate of drug-likeness (QED) is 0.785. The summed E-state index contributed by atoms with van der Waals surface area (Å²) in [6, 6.07) is 7.76. The molecular weight excluding hydrogens is 336 g/mol. The molecule has 1 saturated heterocycles. The summed E-state index contributed by atoms with van der Waals surface area (Å²) in [7, 11) is 1.98. The number of amides is 2. The fourth-order valence-corrected chi connectivity index (χ4v) is 3.68. The van der Waals surface area contributed by atoms with Crippen LogP contribution in [0.5, 0.6) is 0 Å². The van der Waals surface area contributed by atoms with Gasteiger partial charge in [-0.2, -0.15) is 0 Å². The van der Waals surface area contributed by atoms with E-state index in [-0.39, 0.29) is 11.8 Å². The van der Waals surface area contributed by atoms with Gasteiger partial charge < -0.3 is 14.4 Å². The van der Waals surface area contributed by atoms with Crippen molar-refractivity contribution in [2.24, 2.45) is 7.05 Å². The van der Waals surface area contributed by atoms with Crippen LogP contribution in [0.3, 0.4) is 0 Å². The van der Waals surface area contributed by atoms with E-state index in [1.54, 1.807) is 29.8 Å². The van der Waals surface area contributed by atoms with Crippen molar-refractivity contribution in [1.29, 1.82) is 0 Å². The molecule has 0 aliphatic carbocycles. The number of aromatic nitrogens is 2. The maximum Gasteiger partial charge on any atom is 0.253 e. The number of benzene rings is 1. The molecule has 2 aromatic rings. The third-order valence-corrected chi connectivity index (χ3v) is 5.49. The van der Waals surface area contributed by atoms with Gasteiger partial charge in [-0.15, -0.1) is 0 Å². The summed E-state index contributed by atoms with van der Waals surface area (Å²) >= 11 is 1.67. The first-order chi connectivity index (χ1) is 12.0. The van der Waals surface area contributed by atoms with Crippen LogP contribution in [0.4, 0.5) is 0 Å². The Morgan fingerprint density at radius 1 is 1.08 bits per heavy atom. The molecule has 2 amide bonds. The van der Waals surface area contributed by atoms with E-state index in [0.717, 1.165) is 16.5 Å². The van der Waals surface area contributed by atoms with E-state index in [9.17, 15) is 9.59 Å². The first-order valence-electron chi connectivity index (χ1n) is 8.28. The van der Waals surface area contributed by atoms with Gasteiger partial charge in [-0.25, -0.2) is 4.98 Å². The number of hydrogen-bond donors (Lipinski definition) is 0. The molecule has 0 atom stereocenters. The molecule has 0 unspecified atom stereocenters. The lowest BCUT2D eigenvalue weighted by Crippen LogP contribution is -2.50.